The topological polar surface area (TPSA) is 75.6 Å². The van der Waals surface area contributed by atoms with Crippen LogP contribution >= 0.6 is 0 Å². The number of rotatable bonds is 8. The summed E-state index contributed by atoms with van der Waals surface area (Å²) >= 11 is 0. The van der Waals surface area contributed by atoms with Gasteiger partial charge in [0.1, 0.15) is 5.75 Å². The largest absolute Gasteiger partial charge is 0.493 e. The normalized spacial score (nSPS) is 15.0. The van der Waals surface area contributed by atoms with Gasteiger partial charge in [0.05, 0.1) is 18.1 Å². The van der Waals surface area contributed by atoms with Crippen LogP contribution < -0.4 is 10.1 Å². The monoisotopic (exact) mass is 315 g/mol. The van der Waals surface area contributed by atoms with Crippen molar-refractivity contribution >= 4 is 9.84 Å². The zero-order valence-electron chi connectivity index (χ0n) is 13.1. The zero-order chi connectivity index (χ0) is 16.1. The number of aliphatic hydroxyl groups excluding tert-OH is 1. The van der Waals surface area contributed by atoms with Crippen molar-refractivity contribution in [1.29, 1.82) is 0 Å². The van der Waals surface area contributed by atoms with Crippen molar-refractivity contribution in [3.63, 3.8) is 0 Å². The van der Waals surface area contributed by atoms with Crippen molar-refractivity contribution < 1.29 is 18.3 Å². The van der Waals surface area contributed by atoms with Gasteiger partial charge in [0.15, 0.2) is 9.84 Å². The molecule has 0 bridgehead atoms. The van der Waals surface area contributed by atoms with Gasteiger partial charge in [-0.05, 0) is 25.1 Å². The second-order valence-corrected chi connectivity index (χ2v) is 7.88. The number of hydrogen-bond donors (Lipinski definition) is 2. The molecule has 0 spiro atoms. The molecule has 1 aromatic carbocycles. The summed E-state index contributed by atoms with van der Waals surface area (Å²) in [7, 11) is -3.23. The molecule has 0 aliphatic rings. The Morgan fingerprint density at radius 3 is 2.57 bits per heavy atom. The van der Waals surface area contributed by atoms with E-state index in [4.69, 9.17) is 4.74 Å². The van der Waals surface area contributed by atoms with E-state index in [-0.39, 0.29) is 17.5 Å². The maximum Gasteiger partial charge on any atom is 0.175 e. The van der Waals surface area contributed by atoms with E-state index in [0.717, 1.165) is 0 Å². The van der Waals surface area contributed by atoms with E-state index in [1.165, 1.54) is 12.3 Å². The van der Waals surface area contributed by atoms with Gasteiger partial charge in [-0.25, -0.2) is 8.42 Å². The molecule has 0 aromatic heterocycles. The van der Waals surface area contributed by atoms with Gasteiger partial charge in [0, 0.05) is 24.3 Å². The first-order valence-corrected chi connectivity index (χ1v) is 8.87. The summed E-state index contributed by atoms with van der Waals surface area (Å²) in [5, 5.41) is 12.8. The van der Waals surface area contributed by atoms with Crippen LogP contribution in [0.2, 0.25) is 0 Å². The molecule has 0 amide bonds. The second-order valence-electron chi connectivity index (χ2n) is 5.86. The highest BCUT2D eigenvalue weighted by molar-refractivity contribution is 7.90. The minimum Gasteiger partial charge on any atom is -0.493 e. The van der Waals surface area contributed by atoms with Crippen LogP contribution in [0.3, 0.4) is 0 Å². The molecule has 5 nitrogen and oxygen atoms in total. The average molecular weight is 315 g/mol. The molecule has 0 saturated carbocycles. The van der Waals surface area contributed by atoms with Crippen LogP contribution in [0, 0.1) is 0 Å². The van der Waals surface area contributed by atoms with Crippen LogP contribution in [0.25, 0.3) is 0 Å². The van der Waals surface area contributed by atoms with E-state index in [1.54, 1.807) is 18.2 Å². The molecule has 0 aliphatic carbocycles. The Labute approximate surface area is 127 Å². The first kappa shape index (κ1) is 17.9. The van der Waals surface area contributed by atoms with E-state index in [2.05, 4.69) is 5.32 Å². The van der Waals surface area contributed by atoms with Gasteiger partial charge < -0.3 is 15.2 Å². The van der Waals surface area contributed by atoms with E-state index in [0.29, 0.717) is 18.8 Å². The maximum atomic E-state index is 11.5. The Morgan fingerprint density at radius 2 is 2.05 bits per heavy atom. The van der Waals surface area contributed by atoms with Gasteiger partial charge >= 0.3 is 0 Å². The molecule has 1 rings (SSSR count). The highest BCUT2D eigenvalue weighted by Crippen LogP contribution is 2.18. The van der Waals surface area contributed by atoms with Gasteiger partial charge in [0.25, 0.3) is 0 Å². The lowest BCUT2D eigenvalue weighted by Gasteiger charge is -2.31. The Balaban J connectivity index is 2.64. The minimum absolute atomic E-state index is 0.0118. The van der Waals surface area contributed by atoms with Gasteiger partial charge in [-0.15, -0.1) is 0 Å². The third-order valence-electron chi connectivity index (χ3n) is 3.14. The SMILES string of the molecule is CC(C)NC(C)(CO)CCOc1cccc(S(C)(=O)=O)c1. The number of aliphatic hydroxyl groups is 1. The van der Waals surface area contributed by atoms with Crippen molar-refractivity contribution in [2.75, 3.05) is 19.5 Å². The van der Waals surface area contributed by atoms with Crippen LogP contribution in [0.5, 0.6) is 5.75 Å². The highest BCUT2D eigenvalue weighted by atomic mass is 32.2. The van der Waals surface area contributed by atoms with Gasteiger partial charge in [-0.3, -0.25) is 0 Å². The summed E-state index contributed by atoms with van der Waals surface area (Å²) in [6.07, 6.45) is 1.78. The Kier molecular flexibility index (Phi) is 6.19. The summed E-state index contributed by atoms with van der Waals surface area (Å²) in [4.78, 5) is 0.241. The van der Waals surface area contributed by atoms with Crippen molar-refractivity contribution in [2.45, 2.75) is 43.7 Å². The lowest BCUT2D eigenvalue weighted by Crippen LogP contribution is -2.49. The minimum atomic E-state index is -3.23. The van der Waals surface area contributed by atoms with Crippen LogP contribution in [0.4, 0.5) is 0 Å². The van der Waals surface area contributed by atoms with E-state index < -0.39 is 15.4 Å². The molecule has 1 unspecified atom stereocenters. The number of nitrogens with one attached hydrogen (secondary N) is 1. The first-order chi connectivity index (χ1) is 9.66. The molecule has 1 atom stereocenters. The molecule has 0 heterocycles. The standard InChI is InChI=1S/C15H25NO4S/c1-12(2)16-15(3,11-17)8-9-20-13-6-5-7-14(10-13)21(4,18)19/h5-7,10,12,16-17H,8-9,11H2,1-4H3. The lowest BCUT2D eigenvalue weighted by atomic mass is 9.98. The smallest absolute Gasteiger partial charge is 0.175 e. The molecule has 6 heteroatoms. The van der Waals surface area contributed by atoms with Crippen LogP contribution in [0.15, 0.2) is 29.2 Å². The zero-order valence-corrected chi connectivity index (χ0v) is 13.9. The van der Waals surface area contributed by atoms with Crippen LogP contribution in [-0.4, -0.2) is 44.6 Å². The number of hydrogen-bond acceptors (Lipinski definition) is 5. The Morgan fingerprint density at radius 1 is 1.38 bits per heavy atom. The molecule has 2 N–H and O–H groups in total. The van der Waals surface area contributed by atoms with E-state index in [1.807, 2.05) is 20.8 Å². The average Bonchev–Trinajstić information content (AvgIpc) is 2.37. The summed E-state index contributed by atoms with van der Waals surface area (Å²) in [5.41, 5.74) is -0.414. The fourth-order valence-corrected chi connectivity index (χ4v) is 2.74. The predicted octanol–water partition coefficient (Wildman–Crippen LogP) is 1.61. The second kappa shape index (κ2) is 7.24. The van der Waals surface area contributed by atoms with Gasteiger partial charge in [0.2, 0.25) is 0 Å². The number of ether oxygens (including phenoxy) is 1. The summed E-state index contributed by atoms with van der Waals surface area (Å²) in [6, 6.07) is 6.70. The van der Waals surface area contributed by atoms with Crippen LogP contribution in [-0.2, 0) is 9.84 Å². The Bertz CT molecular complexity index is 557. The molecular formula is C15H25NO4S. The van der Waals surface area contributed by atoms with Crippen molar-refractivity contribution in [2.24, 2.45) is 0 Å². The van der Waals surface area contributed by atoms with Crippen molar-refractivity contribution in [3.8, 4) is 5.75 Å². The predicted molar refractivity (Wildman–Crippen MR) is 83.4 cm³/mol. The van der Waals surface area contributed by atoms with E-state index >= 15 is 0 Å². The molecule has 21 heavy (non-hydrogen) atoms. The fraction of sp³-hybridized carbons (Fsp3) is 0.600. The van der Waals surface area contributed by atoms with E-state index in [9.17, 15) is 13.5 Å². The van der Waals surface area contributed by atoms with Gasteiger partial charge in [-0.2, -0.15) is 0 Å². The fourth-order valence-electron chi connectivity index (χ4n) is 2.08. The first-order valence-electron chi connectivity index (χ1n) is 6.98. The maximum absolute atomic E-state index is 11.5. The Hall–Kier alpha value is -1.11. The summed E-state index contributed by atoms with van der Waals surface area (Å²) in [6.45, 7) is 6.37. The summed E-state index contributed by atoms with van der Waals surface area (Å²) in [5.74, 6) is 0.516. The quantitative estimate of drug-likeness (QED) is 0.762. The third-order valence-corrected chi connectivity index (χ3v) is 4.25. The van der Waals surface area contributed by atoms with Crippen molar-refractivity contribution in [3.05, 3.63) is 24.3 Å². The molecule has 0 saturated heterocycles. The van der Waals surface area contributed by atoms with Crippen LogP contribution in [0.1, 0.15) is 27.2 Å². The number of sulfone groups is 1. The molecule has 1 aromatic rings. The third kappa shape index (κ3) is 6.03. The molecule has 0 aliphatic heterocycles. The number of benzene rings is 1. The summed E-state index contributed by atoms with van der Waals surface area (Å²) < 4.78 is 28.6. The van der Waals surface area contributed by atoms with Crippen molar-refractivity contribution in [1.82, 2.24) is 5.32 Å². The lowest BCUT2D eigenvalue weighted by molar-refractivity contribution is 0.136. The molecule has 0 radical (unpaired) electrons. The molecule has 120 valence electrons. The molecular weight excluding hydrogens is 290 g/mol. The highest BCUT2D eigenvalue weighted by Gasteiger charge is 2.23. The van der Waals surface area contributed by atoms with Gasteiger partial charge in [-0.1, -0.05) is 19.9 Å². The molecule has 0 fully saturated rings.